The van der Waals surface area contributed by atoms with E-state index in [9.17, 15) is 0 Å². The Morgan fingerprint density at radius 1 is 0.588 bits per heavy atom. The van der Waals surface area contributed by atoms with Gasteiger partial charge in [-0.1, -0.05) is 0 Å². The van der Waals surface area contributed by atoms with E-state index in [4.69, 9.17) is 57.7 Å². The summed E-state index contributed by atoms with van der Waals surface area (Å²) in [6, 6.07) is 0. The van der Waals surface area contributed by atoms with Crippen molar-refractivity contribution in [2.24, 2.45) is 0 Å². The van der Waals surface area contributed by atoms with Crippen molar-refractivity contribution in [2.75, 3.05) is 0 Å². The molecule has 6 N–H and O–H groups in total. The maximum absolute atomic E-state index is 8.77. The van der Waals surface area contributed by atoms with E-state index in [0.717, 1.165) is 0 Å². The van der Waals surface area contributed by atoms with E-state index in [2.05, 4.69) is 0 Å². The summed E-state index contributed by atoms with van der Waals surface area (Å²) in [6.45, 7) is 0. The van der Waals surface area contributed by atoms with Crippen LogP contribution in [-0.2, 0) is 37.7 Å². The molecule has 13 nitrogen and oxygen atoms in total. The second-order valence-electron chi connectivity index (χ2n) is 1.47. The number of rotatable bonds is 0. The quantitative estimate of drug-likeness (QED) is 0.223. The molecule has 0 spiro atoms. The van der Waals surface area contributed by atoms with E-state index in [1.807, 2.05) is 0 Å². The smallest absolute Gasteiger partial charge is 2.00 e. The molecule has 0 heterocycles. The van der Waals surface area contributed by atoms with Crippen molar-refractivity contribution < 1.29 is 81.8 Å². The molecule has 17 heteroatoms. The Bertz CT molecular complexity index is 203. The average molecular weight is 358 g/mol. The molecule has 0 rings (SSSR count). The number of phosphoric acid groups is 3. The van der Waals surface area contributed by atoms with Crippen LogP contribution in [0.1, 0.15) is 0 Å². The van der Waals surface area contributed by atoms with Gasteiger partial charge < -0.3 is 49.5 Å². The third-order valence-electron chi connectivity index (χ3n) is 0. The van der Waals surface area contributed by atoms with E-state index in [-0.39, 0.29) is 24.0 Å². The van der Waals surface area contributed by atoms with Crippen molar-refractivity contribution in [1.29, 1.82) is 0 Å². The molecule has 0 aromatic carbocycles. The normalized spacial score (nSPS) is 10.4. The Kier molecular flexibility index (Phi) is 21.6. The van der Waals surface area contributed by atoms with Gasteiger partial charge in [-0.3, -0.25) is 13.7 Å². The van der Waals surface area contributed by atoms with E-state index in [1.54, 1.807) is 0 Å². The standard InChI is InChI=1S/3H3O4P.O.V/c3*1-5(2,3)4;;/h3*(H3,1,2,3,4);;/q;;;-2;+4/p-3. The van der Waals surface area contributed by atoms with Crippen LogP contribution in [0, 0.1) is 0 Å². The van der Waals surface area contributed by atoms with Crippen LogP contribution in [-0.4, -0.2) is 29.4 Å². The Morgan fingerprint density at radius 2 is 0.588 bits per heavy atom. The van der Waals surface area contributed by atoms with Crippen LogP contribution in [0.4, 0.5) is 0 Å². The summed E-state index contributed by atoms with van der Waals surface area (Å²) in [4.78, 5) is 68.8. The molecule has 17 heavy (non-hydrogen) atoms. The van der Waals surface area contributed by atoms with Gasteiger partial charge in [0, 0.05) is 0 Å². The van der Waals surface area contributed by atoms with Crippen LogP contribution in [0.25, 0.3) is 0 Å². The topological polar surface area (TPSA) is 270 Å². The average Bonchev–Trinajstić information content (AvgIpc) is 1.41. The van der Waals surface area contributed by atoms with Crippen molar-refractivity contribution in [3.8, 4) is 0 Å². The van der Waals surface area contributed by atoms with Crippen LogP contribution in [0.2, 0.25) is 0 Å². The molecule has 0 unspecified atom stereocenters. The zero-order chi connectivity index (χ0) is 13.5. The largest absolute Gasteiger partial charge is 4.00 e. The molecule has 0 aliphatic heterocycles. The van der Waals surface area contributed by atoms with E-state index in [1.165, 1.54) is 0 Å². The van der Waals surface area contributed by atoms with Crippen LogP contribution in [0.3, 0.4) is 0 Å². The van der Waals surface area contributed by atoms with E-state index in [0.29, 0.717) is 0 Å². The van der Waals surface area contributed by atoms with Gasteiger partial charge >= 0.3 is 18.6 Å². The molecule has 0 atom stereocenters. The van der Waals surface area contributed by atoms with Gasteiger partial charge in [0.25, 0.3) is 23.5 Å². The predicted molar refractivity (Wildman–Crippen MR) is 36.8 cm³/mol. The fourth-order valence-electron chi connectivity index (χ4n) is 0. The zero-order valence-corrected chi connectivity index (χ0v) is 11.4. The van der Waals surface area contributed by atoms with E-state index < -0.39 is 23.5 Å². The van der Waals surface area contributed by atoms with Gasteiger partial charge in [-0.15, -0.1) is 0 Å². The Hall–Kier alpha value is 0.874. The minimum atomic E-state index is -4.89. The van der Waals surface area contributed by atoms with Gasteiger partial charge in [-0.05, 0) is 0 Å². The summed E-state index contributed by atoms with van der Waals surface area (Å²) in [5, 5.41) is 0. The van der Waals surface area contributed by atoms with Gasteiger partial charge in [0.2, 0.25) is 0 Å². The number of hydrogen-bond donors (Lipinski definition) is 6. The summed E-state index contributed by atoms with van der Waals surface area (Å²) in [5.41, 5.74) is 0. The third-order valence-corrected chi connectivity index (χ3v) is 0. The molecule has 0 fully saturated rings. The Labute approximate surface area is 106 Å². The Balaban J connectivity index is -0.0000000400. The molecule has 0 saturated carbocycles. The summed E-state index contributed by atoms with van der Waals surface area (Å²) in [7, 11) is -14.7. The minimum absolute atomic E-state index is 0. The zero-order valence-electron chi connectivity index (χ0n) is 7.33. The molecule has 0 bridgehead atoms. The molecular formula is H6O13P3V-. The fourth-order valence-corrected chi connectivity index (χ4v) is 0. The van der Waals surface area contributed by atoms with Gasteiger partial charge in [-0.2, -0.15) is 0 Å². The summed E-state index contributed by atoms with van der Waals surface area (Å²) >= 11 is 0. The number of hydrogen-bond acceptors (Lipinski definition) is 6. The van der Waals surface area contributed by atoms with E-state index >= 15 is 0 Å². The summed E-state index contributed by atoms with van der Waals surface area (Å²) < 4.78 is 26.3. The molecule has 105 valence electrons. The summed E-state index contributed by atoms with van der Waals surface area (Å²) in [6.07, 6.45) is 0. The van der Waals surface area contributed by atoms with Crippen molar-refractivity contribution in [3.63, 3.8) is 0 Å². The van der Waals surface area contributed by atoms with Gasteiger partial charge in [-0.25, -0.2) is 0 Å². The second-order valence-corrected chi connectivity index (χ2v) is 4.42. The van der Waals surface area contributed by atoms with Gasteiger partial charge in [0.15, 0.2) is 0 Å². The maximum atomic E-state index is 8.77. The van der Waals surface area contributed by atoms with Gasteiger partial charge in [0.1, 0.15) is 0 Å². The van der Waals surface area contributed by atoms with Crippen molar-refractivity contribution in [2.45, 2.75) is 0 Å². The summed E-state index contributed by atoms with van der Waals surface area (Å²) in [5.74, 6) is 0. The molecule has 0 saturated heterocycles. The molecule has 1 radical (unpaired) electrons. The molecule has 0 aliphatic rings. The maximum Gasteiger partial charge on any atom is 4.00 e. The van der Waals surface area contributed by atoms with Crippen LogP contribution < -0.4 is 14.7 Å². The minimum Gasteiger partial charge on any atom is -2.00 e. The van der Waals surface area contributed by atoms with Crippen LogP contribution >= 0.6 is 23.5 Å². The monoisotopic (exact) mass is 358 g/mol. The second kappa shape index (κ2) is 11.9. The van der Waals surface area contributed by atoms with Crippen molar-refractivity contribution >= 4 is 23.5 Å². The van der Waals surface area contributed by atoms with Crippen LogP contribution in [0.5, 0.6) is 0 Å². The fraction of sp³-hybridized carbons (Fsp3) is 0. The first kappa shape index (κ1) is 30.7. The van der Waals surface area contributed by atoms with Crippen molar-refractivity contribution in [3.05, 3.63) is 0 Å². The molecular weight excluding hydrogens is 352 g/mol. The third kappa shape index (κ3) is 4880. The first-order chi connectivity index (χ1) is 6.00. The molecule has 0 aromatic rings. The Morgan fingerprint density at radius 3 is 0.588 bits per heavy atom. The van der Waals surface area contributed by atoms with Crippen LogP contribution in [0.15, 0.2) is 0 Å². The molecule has 0 aliphatic carbocycles. The van der Waals surface area contributed by atoms with Crippen molar-refractivity contribution in [1.82, 2.24) is 0 Å². The molecule has 0 amide bonds. The predicted octanol–water partition coefficient (Wildman–Crippen LogP) is -4.80. The molecule has 0 aromatic heterocycles. The van der Waals surface area contributed by atoms with Gasteiger partial charge in [0.05, 0.1) is 0 Å². The first-order valence-corrected chi connectivity index (χ1v) is 6.89. The first-order valence-electron chi connectivity index (χ1n) is 2.30. The SMILES string of the molecule is O=P([O-])(O)O.O=P([O-])(O)O.O=P([O-])(O)O.[O-2].[V+4].